The van der Waals surface area contributed by atoms with Gasteiger partial charge in [0.2, 0.25) is 5.66 Å². The molecule has 4 heteroatoms. The Labute approximate surface area is 77.4 Å². The zero-order valence-corrected chi connectivity index (χ0v) is 7.62. The molecule has 0 fully saturated rings. The van der Waals surface area contributed by atoms with Gasteiger partial charge in [-0.15, -0.1) is 12.3 Å². The zero-order valence-electron chi connectivity index (χ0n) is 7.62. The summed E-state index contributed by atoms with van der Waals surface area (Å²) in [5.74, 6) is 2.24. The lowest BCUT2D eigenvalue weighted by molar-refractivity contribution is -0.143. The number of carbonyl (C=O) groups excluding carboxylic acids is 1. The maximum atomic E-state index is 11.1. The van der Waals surface area contributed by atoms with Crippen molar-refractivity contribution >= 4 is 5.97 Å². The van der Waals surface area contributed by atoms with Crippen LogP contribution < -0.4 is 0 Å². The number of carbonyl (C=O) groups is 1. The largest absolute Gasteiger partial charge is 0.466 e. The molecule has 13 heavy (non-hydrogen) atoms. The van der Waals surface area contributed by atoms with Gasteiger partial charge in [-0.05, 0) is 6.92 Å². The van der Waals surface area contributed by atoms with Crippen molar-refractivity contribution in [1.82, 2.24) is 0 Å². The normalized spacial score (nSPS) is 16.3. The van der Waals surface area contributed by atoms with E-state index in [4.69, 9.17) is 11.2 Å². The average molecular weight is 180 g/mol. The topological polar surface area (TPSA) is 51.0 Å². The number of nitrogens with zero attached hydrogens (tertiary/aromatic N) is 2. The fourth-order valence-corrected chi connectivity index (χ4v) is 1.05. The Hall–Kier alpha value is -1.37. The first-order chi connectivity index (χ1) is 6.22. The van der Waals surface area contributed by atoms with Gasteiger partial charge in [0.15, 0.2) is 0 Å². The van der Waals surface area contributed by atoms with Gasteiger partial charge in [0.25, 0.3) is 0 Å². The summed E-state index contributed by atoms with van der Waals surface area (Å²) in [5, 5.41) is 7.64. The highest BCUT2D eigenvalue weighted by molar-refractivity contribution is 5.71. The molecule has 0 N–H and O–H groups in total. The van der Waals surface area contributed by atoms with Crippen molar-refractivity contribution in [2.45, 2.75) is 31.8 Å². The lowest BCUT2D eigenvalue weighted by atomic mass is 10.1. The van der Waals surface area contributed by atoms with Gasteiger partial charge >= 0.3 is 5.97 Å². The molecule has 0 aliphatic carbocycles. The van der Waals surface area contributed by atoms with E-state index < -0.39 is 5.66 Å². The molecule has 0 saturated carbocycles. The van der Waals surface area contributed by atoms with Crippen molar-refractivity contribution in [3.05, 3.63) is 0 Å². The van der Waals surface area contributed by atoms with Crippen LogP contribution in [0.1, 0.15) is 26.2 Å². The second-order valence-corrected chi connectivity index (χ2v) is 2.87. The molecule has 1 heterocycles. The fourth-order valence-electron chi connectivity index (χ4n) is 1.05. The predicted octanol–water partition coefficient (Wildman–Crippen LogP) is 1.52. The Balaban J connectivity index is 2.27. The Kier molecular flexibility index (Phi) is 3.02. The molecule has 0 aromatic rings. The van der Waals surface area contributed by atoms with Gasteiger partial charge in [-0.25, -0.2) is 0 Å². The van der Waals surface area contributed by atoms with Crippen LogP contribution in [0.2, 0.25) is 0 Å². The second kappa shape index (κ2) is 4.04. The number of hydrogen-bond acceptors (Lipinski definition) is 4. The first-order valence-electron chi connectivity index (χ1n) is 4.25. The molecule has 0 atom stereocenters. The van der Waals surface area contributed by atoms with Crippen LogP contribution in [-0.2, 0) is 9.53 Å². The van der Waals surface area contributed by atoms with Gasteiger partial charge in [0.05, 0.1) is 13.0 Å². The molecular formula is C9H12N2O2. The number of rotatable bonds is 5. The van der Waals surface area contributed by atoms with E-state index in [2.05, 4.69) is 16.1 Å². The van der Waals surface area contributed by atoms with Gasteiger partial charge < -0.3 is 4.74 Å². The highest BCUT2D eigenvalue weighted by Crippen LogP contribution is 2.36. The molecule has 0 bridgehead atoms. The van der Waals surface area contributed by atoms with Crippen LogP contribution in [0, 0.1) is 12.3 Å². The van der Waals surface area contributed by atoms with E-state index in [1.807, 2.05) is 0 Å². The molecule has 0 aromatic carbocycles. The van der Waals surface area contributed by atoms with E-state index >= 15 is 0 Å². The third-order valence-electron chi connectivity index (χ3n) is 1.79. The van der Waals surface area contributed by atoms with Crippen LogP contribution in [0.15, 0.2) is 10.2 Å². The standard InChI is InChI=1S/C9H12N2O2/c1-3-5-6-9(10-11-9)7-8(12)13-4-2/h1H,4-7H2,2H3. The predicted molar refractivity (Wildman–Crippen MR) is 46.9 cm³/mol. The van der Waals surface area contributed by atoms with Gasteiger partial charge in [0.1, 0.15) is 0 Å². The Morgan fingerprint density at radius 3 is 2.77 bits per heavy atom. The van der Waals surface area contributed by atoms with Crippen molar-refractivity contribution in [2.75, 3.05) is 6.61 Å². The molecule has 0 aromatic heterocycles. The summed E-state index contributed by atoms with van der Waals surface area (Å²) in [6.07, 6.45) is 6.56. The summed E-state index contributed by atoms with van der Waals surface area (Å²) in [7, 11) is 0. The van der Waals surface area contributed by atoms with E-state index in [9.17, 15) is 4.79 Å². The Morgan fingerprint density at radius 2 is 2.31 bits per heavy atom. The minimum Gasteiger partial charge on any atom is -0.466 e. The van der Waals surface area contributed by atoms with Crippen molar-refractivity contribution in [2.24, 2.45) is 10.2 Å². The minimum atomic E-state index is -0.543. The number of terminal acetylenes is 1. The molecule has 0 amide bonds. The molecule has 1 aliphatic rings. The zero-order chi connectivity index (χ0) is 9.73. The quantitative estimate of drug-likeness (QED) is 0.475. The maximum Gasteiger partial charge on any atom is 0.310 e. The minimum absolute atomic E-state index is 0.225. The van der Waals surface area contributed by atoms with Gasteiger partial charge in [-0.2, -0.15) is 10.2 Å². The van der Waals surface area contributed by atoms with E-state index in [0.29, 0.717) is 19.4 Å². The van der Waals surface area contributed by atoms with Crippen LogP contribution in [0.3, 0.4) is 0 Å². The Bertz CT molecular complexity index is 259. The van der Waals surface area contributed by atoms with Crippen LogP contribution in [0.25, 0.3) is 0 Å². The summed E-state index contributed by atoms with van der Waals surface area (Å²) < 4.78 is 4.79. The Morgan fingerprint density at radius 1 is 1.62 bits per heavy atom. The van der Waals surface area contributed by atoms with E-state index in [0.717, 1.165) is 0 Å². The van der Waals surface area contributed by atoms with Crippen LogP contribution >= 0.6 is 0 Å². The monoisotopic (exact) mass is 180 g/mol. The van der Waals surface area contributed by atoms with Crippen molar-refractivity contribution in [3.63, 3.8) is 0 Å². The van der Waals surface area contributed by atoms with E-state index in [1.165, 1.54) is 0 Å². The molecule has 1 aliphatic heterocycles. The molecule has 4 nitrogen and oxygen atoms in total. The van der Waals surface area contributed by atoms with Crippen LogP contribution in [0.4, 0.5) is 0 Å². The molecule has 0 saturated heterocycles. The van der Waals surface area contributed by atoms with Crippen LogP contribution in [0.5, 0.6) is 0 Å². The molecule has 1 rings (SSSR count). The molecule has 0 spiro atoms. The first kappa shape index (κ1) is 9.72. The third kappa shape index (κ3) is 2.86. The molecule has 0 unspecified atom stereocenters. The van der Waals surface area contributed by atoms with E-state index in [-0.39, 0.29) is 12.4 Å². The van der Waals surface area contributed by atoms with Crippen molar-refractivity contribution in [1.29, 1.82) is 0 Å². The highest BCUT2D eigenvalue weighted by atomic mass is 16.5. The second-order valence-electron chi connectivity index (χ2n) is 2.87. The number of hydrogen-bond donors (Lipinski definition) is 0. The SMILES string of the molecule is C#CCCC1(CC(=O)OCC)N=N1. The highest BCUT2D eigenvalue weighted by Gasteiger charge is 2.42. The van der Waals surface area contributed by atoms with Crippen molar-refractivity contribution < 1.29 is 9.53 Å². The van der Waals surface area contributed by atoms with Crippen molar-refractivity contribution in [3.8, 4) is 12.3 Å². The molecule has 70 valence electrons. The first-order valence-corrected chi connectivity index (χ1v) is 4.25. The summed E-state index contributed by atoms with van der Waals surface area (Å²) in [6, 6.07) is 0. The van der Waals surface area contributed by atoms with Crippen LogP contribution in [-0.4, -0.2) is 18.2 Å². The van der Waals surface area contributed by atoms with Gasteiger partial charge in [0, 0.05) is 12.8 Å². The smallest absolute Gasteiger partial charge is 0.310 e. The number of esters is 1. The number of ether oxygens (including phenoxy) is 1. The lowest BCUT2D eigenvalue weighted by Gasteiger charge is -2.07. The average Bonchev–Trinajstić information content (AvgIpc) is 2.82. The summed E-state index contributed by atoms with van der Waals surface area (Å²) in [6.45, 7) is 2.16. The maximum absolute atomic E-state index is 11.1. The molecular weight excluding hydrogens is 168 g/mol. The summed E-state index contributed by atoms with van der Waals surface area (Å²) in [4.78, 5) is 11.1. The summed E-state index contributed by atoms with van der Waals surface area (Å²) >= 11 is 0. The summed E-state index contributed by atoms with van der Waals surface area (Å²) in [5.41, 5.74) is -0.543. The third-order valence-corrected chi connectivity index (χ3v) is 1.79. The molecule has 0 radical (unpaired) electrons. The van der Waals surface area contributed by atoms with E-state index in [1.54, 1.807) is 6.92 Å². The lowest BCUT2D eigenvalue weighted by Crippen LogP contribution is -2.18. The van der Waals surface area contributed by atoms with Gasteiger partial charge in [-0.3, -0.25) is 4.79 Å². The fraction of sp³-hybridized carbons (Fsp3) is 0.667. The van der Waals surface area contributed by atoms with Gasteiger partial charge in [-0.1, -0.05) is 0 Å².